The molecule has 0 saturated carbocycles. The van der Waals surface area contributed by atoms with Crippen LogP contribution in [0.4, 0.5) is 18.9 Å². The Hall–Kier alpha value is -2.62. The molecule has 7 nitrogen and oxygen atoms in total. The van der Waals surface area contributed by atoms with E-state index < -0.39 is 23.6 Å². The van der Waals surface area contributed by atoms with Crippen LogP contribution in [-0.4, -0.2) is 67.9 Å². The lowest BCUT2D eigenvalue weighted by atomic mass is 9.77. The van der Waals surface area contributed by atoms with Crippen molar-refractivity contribution in [1.29, 1.82) is 0 Å². The summed E-state index contributed by atoms with van der Waals surface area (Å²) in [6.45, 7) is 1.04. The lowest BCUT2D eigenvalue weighted by Gasteiger charge is -2.38. The van der Waals surface area contributed by atoms with Gasteiger partial charge in [0.15, 0.2) is 0 Å². The highest BCUT2D eigenvalue weighted by Gasteiger charge is 2.44. The molecule has 2 heterocycles. The number of ether oxygens (including phenoxy) is 1. The van der Waals surface area contributed by atoms with Crippen LogP contribution in [0.25, 0.3) is 0 Å². The Labute approximate surface area is 172 Å². The largest absolute Gasteiger partial charge is 0.416 e. The zero-order valence-corrected chi connectivity index (χ0v) is 16.8. The Morgan fingerprint density at radius 3 is 2.40 bits per heavy atom. The van der Waals surface area contributed by atoms with E-state index in [2.05, 4.69) is 10.1 Å². The zero-order valence-electron chi connectivity index (χ0n) is 16.8. The number of hydrogen-bond donors (Lipinski definition) is 1. The van der Waals surface area contributed by atoms with Gasteiger partial charge in [0.2, 0.25) is 11.8 Å². The molecular weight excluding hydrogens is 403 g/mol. The van der Waals surface area contributed by atoms with E-state index in [1.807, 2.05) is 0 Å². The number of amides is 3. The van der Waals surface area contributed by atoms with Gasteiger partial charge in [0.25, 0.3) is 5.91 Å². The van der Waals surface area contributed by atoms with Crippen LogP contribution in [0.5, 0.6) is 0 Å². The van der Waals surface area contributed by atoms with Gasteiger partial charge in [0.1, 0.15) is 6.61 Å². The van der Waals surface area contributed by atoms with E-state index in [0.29, 0.717) is 38.9 Å². The highest BCUT2D eigenvalue weighted by Crippen LogP contribution is 2.41. The minimum absolute atomic E-state index is 0.0732. The normalized spacial score (nSPS) is 18.8. The van der Waals surface area contributed by atoms with Crippen molar-refractivity contribution in [1.82, 2.24) is 9.80 Å². The fourth-order valence-electron chi connectivity index (χ4n) is 4.12. The van der Waals surface area contributed by atoms with Crippen LogP contribution < -0.4 is 5.32 Å². The summed E-state index contributed by atoms with van der Waals surface area (Å²) in [6, 6.07) is 2.82. The molecule has 164 valence electrons. The second-order valence-corrected chi connectivity index (χ2v) is 8.00. The second kappa shape index (κ2) is 8.25. The average Bonchev–Trinajstić information content (AvgIpc) is 2.94. The third kappa shape index (κ3) is 4.75. The summed E-state index contributed by atoms with van der Waals surface area (Å²) >= 11 is 0. The molecule has 0 aliphatic carbocycles. The number of carbonyl (C=O) groups excluding carboxylic acids is 3. The van der Waals surface area contributed by atoms with Crippen LogP contribution in [0.1, 0.15) is 35.2 Å². The minimum atomic E-state index is -4.67. The molecule has 0 bridgehead atoms. The maximum Gasteiger partial charge on any atom is 0.416 e. The molecule has 0 radical (unpaired) electrons. The number of alkyl halides is 3. The first-order valence-electron chi connectivity index (χ1n) is 9.57. The number of nitrogens with zero attached hydrogens (tertiary/aromatic N) is 2. The molecule has 0 unspecified atom stereocenters. The number of rotatable bonds is 4. The first-order valence-corrected chi connectivity index (χ1v) is 9.57. The van der Waals surface area contributed by atoms with E-state index in [1.54, 1.807) is 11.9 Å². The van der Waals surface area contributed by atoms with Crippen LogP contribution in [0.3, 0.4) is 0 Å². The molecule has 2 aliphatic rings. The van der Waals surface area contributed by atoms with Gasteiger partial charge in [-0.25, -0.2) is 0 Å². The predicted octanol–water partition coefficient (Wildman–Crippen LogP) is 2.37. The molecule has 0 aromatic heterocycles. The number of methoxy groups -OCH3 is 1. The van der Waals surface area contributed by atoms with Gasteiger partial charge in [-0.2, -0.15) is 13.2 Å². The topological polar surface area (TPSA) is 79.0 Å². The summed E-state index contributed by atoms with van der Waals surface area (Å²) < 4.78 is 44.6. The maximum atomic E-state index is 13.3. The standard InChI is InChI=1S/C20H24F3N3O4/c1-25-12-19(10-17(25)28)3-5-26(6-4-19)18(29)13-7-14(20(21,22)23)9-15(8-13)24-16(27)11-30-2/h7-9H,3-6,10-12H2,1-2H3,(H,24,27). The van der Waals surface area contributed by atoms with E-state index >= 15 is 0 Å². The fourth-order valence-corrected chi connectivity index (χ4v) is 4.12. The van der Waals surface area contributed by atoms with Gasteiger partial charge >= 0.3 is 6.18 Å². The monoisotopic (exact) mass is 427 g/mol. The SMILES string of the molecule is COCC(=O)Nc1cc(C(=O)N2CCC3(CC2)CC(=O)N(C)C3)cc(C(F)(F)F)c1. The first-order chi connectivity index (χ1) is 14.0. The summed E-state index contributed by atoms with van der Waals surface area (Å²) in [5, 5.41) is 2.33. The van der Waals surface area contributed by atoms with Gasteiger partial charge in [-0.15, -0.1) is 0 Å². The Kier molecular flexibility index (Phi) is 6.07. The second-order valence-electron chi connectivity index (χ2n) is 8.00. The molecule has 3 amide bonds. The van der Waals surface area contributed by atoms with Crippen molar-refractivity contribution in [2.24, 2.45) is 5.41 Å². The molecule has 30 heavy (non-hydrogen) atoms. The number of benzene rings is 1. The molecule has 3 rings (SSSR count). The van der Waals surface area contributed by atoms with Crippen LogP contribution in [0, 0.1) is 5.41 Å². The molecule has 10 heteroatoms. The molecule has 2 saturated heterocycles. The zero-order chi connectivity index (χ0) is 22.1. The van der Waals surface area contributed by atoms with Crippen molar-refractivity contribution in [2.45, 2.75) is 25.4 Å². The molecular formula is C20H24F3N3O4. The van der Waals surface area contributed by atoms with E-state index in [9.17, 15) is 27.6 Å². The summed E-state index contributed by atoms with van der Waals surface area (Å²) in [5.41, 5.74) is -1.45. The molecule has 1 N–H and O–H groups in total. The third-order valence-electron chi connectivity index (χ3n) is 5.70. The lowest BCUT2D eigenvalue weighted by Crippen LogP contribution is -2.44. The number of piperidine rings is 1. The molecule has 0 atom stereocenters. The summed E-state index contributed by atoms with van der Waals surface area (Å²) in [5.74, 6) is -1.08. The lowest BCUT2D eigenvalue weighted by molar-refractivity contribution is -0.137. The Morgan fingerprint density at radius 2 is 1.87 bits per heavy atom. The minimum Gasteiger partial charge on any atom is -0.375 e. The number of hydrogen-bond acceptors (Lipinski definition) is 4. The average molecular weight is 427 g/mol. The number of carbonyl (C=O) groups is 3. The number of likely N-dealkylation sites (tertiary alicyclic amines) is 2. The molecule has 1 spiro atoms. The summed E-state index contributed by atoms with van der Waals surface area (Å²) in [4.78, 5) is 39.7. The van der Waals surface area contributed by atoms with Gasteiger partial charge in [-0.1, -0.05) is 0 Å². The fraction of sp³-hybridized carbons (Fsp3) is 0.550. The molecule has 2 aliphatic heterocycles. The summed E-state index contributed by atoms with van der Waals surface area (Å²) in [7, 11) is 3.04. The van der Waals surface area contributed by atoms with Crippen molar-refractivity contribution in [3.8, 4) is 0 Å². The van der Waals surface area contributed by atoms with E-state index in [0.717, 1.165) is 12.1 Å². The highest BCUT2D eigenvalue weighted by molar-refractivity contribution is 5.98. The van der Waals surface area contributed by atoms with Crippen LogP contribution in [0.15, 0.2) is 18.2 Å². The maximum absolute atomic E-state index is 13.3. The molecule has 1 aromatic carbocycles. The van der Waals surface area contributed by atoms with Crippen molar-refractivity contribution in [3.05, 3.63) is 29.3 Å². The van der Waals surface area contributed by atoms with Crippen LogP contribution in [0.2, 0.25) is 0 Å². The first kappa shape index (κ1) is 22.1. The highest BCUT2D eigenvalue weighted by atomic mass is 19.4. The summed E-state index contributed by atoms with van der Waals surface area (Å²) in [6.07, 6.45) is -3.00. The van der Waals surface area contributed by atoms with E-state index in [4.69, 9.17) is 0 Å². The predicted molar refractivity (Wildman–Crippen MR) is 102 cm³/mol. The van der Waals surface area contributed by atoms with Crippen LogP contribution >= 0.6 is 0 Å². The van der Waals surface area contributed by atoms with Crippen molar-refractivity contribution in [2.75, 3.05) is 45.7 Å². The van der Waals surface area contributed by atoms with Crippen molar-refractivity contribution >= 4 is 23.4 Å². The van der Waals surface area contributed by atoms with Gasteiger partial charge in [-0.05, 0) is 31.0 Å². The third-order valence-corrected chi connectivity index (χ3v) is 5.70. The Morgan fingerprint density at radius 1 is 1.20 bits per heavy atom. The number of nitrogens with one attached hydrogen (secondary N) is 1. The molecule has 1 aromatic rings. The quantitative estimate of drug-likeness (QED) is 0.800. The Bertz CT molecular complexity index is 848. The van der Waals surface area contributed by atoms with E-state index in [1.165, 1.54) is 18.1 Å². The van der Waals surface area contributed by atoms with Gasteiger partial charge in [0, 0.05) is 56.9 Å². The smallest absolute Gasteiger partial charge is 0.375 e. The van der Waals surface area contributed by atoms with Crippen LogP contribution in [-0.2, 0) is 20.5 Å². The van der Waals surface area contributed by atoms with Gasteiger partial charge in [-0.3, -0.25) is 14.4 Å². The van der Waals surface area contributed by atoms with Crippen molar-refractivity contribution in [3.63, 3.8) is 0 Å². The van der Waals surface area contributed by atoms with E-state index in [-0.39, 0.29) is 29.2 Å². The number of halogens is 3. The van der Waals surface area contributed by atoms with Gasteiger partial charge in [0.05, 0.1) is 5.56 Å². The van der Waals surface area contributed by atoms with Crippen molar-refractivity contribution < 1.29 is 32.3 Å². The number of anilines is 1. The van der Waals surface area contributed by atoms with Gasteiger partial charge < -0.3 is 19.9 Å². The Balaban J connectivity index is 1.78. The molecule has 2 fully saturated rings.